The maximum atomic E-state index is 11.6. The summed E-state index contributed by atoms with van der Waals surface area (Å²) in [4.78, 5) is 11.6. The van der Waals surface area contributed by atoms with E-state index in [2.05, 4.69) is 0 Å². The average Bonchev–Trinajstić information content (AvgIpc) is 2.34. The zero-order chi connectivity index (χ0) is 13.5. The first-order chi connectivity index (χ1) is 7.55. The highest BCUT2D eigenvalue weighted by atomic mass is 16.5. The fourth-order valence-electron chi connectivity index (χ4n) is 3.50. The molecule has 0 aromatic rings. The summed E-state index contributed by atoms with van der Waals surface area (Å²) in [5.74, 6) is -0.638. The second-order valence-corrected chi connectivity index (χ2v) is 6.69. The van der Waals surface area contributed by atoms with Crippen molar-refractivity contribution >= 4 is 5.97 Å². The lowest BCUT2D eigenvalue weighted by Crippen LogP contribution is -2.44. The first-order valence-electron chi connectivity index (χ1n) is 6.49. The van der Waals surface area contributed by atoms with E-state index in [-0.39, 0.29) is 17.1 Å². The van der Waals surface area contributed by atoms with Crippen LogP contribution in [0.1, 0.15) is 60.8 Å². The van der Waals surface area contributed by atoms with Crippen LogP contribution in [0, 0.1) is 11.3 Å². The quantitative estimate of drug-likeness (QED) is 0.821. The molecule has 0 saturated carbocycles. The van der Waals surface area contributed by atoms with Crippen LogP contribution in [0.2, 0.25) is 0 Å². The highest BCUT2D eigenvalue weighted by Gasteiger charge is 2.56. The number of rotatable bonds is 4. The normalized spacial score (nSPS) is 29.9. The molecular weight excluding hydrogens is 216 g/mol. The van der Waals surface area contributed by atoms with Crippen LogP contribution >= 0.6 is 0 Å². The molecule has 1 rings (SSSR count). The lowest BCUT2D eigenvalue weighted by Gasteiger charge is -2.38. The summed E-state index contributed by atoms with van der Waals surface area (Å²) in [6.07, 6.45) is 2.40. The van der Waals surface area contributed by atoms with E-state index < -0.39 is 11.4 Å². The number of hydrogen-bond donors (Lipinski definition) is 1. The molecule has 1 saturated heterocycles. The van der Waals surface area contributed by atoms with Crippen molar-refractivity contribution in [2.24, 2.45) is 11.3 Å². The number of carboxylic acids is 1. The van der Waals surface area contributed by atoms with Crippen LogP contribution in [-0.4, -0.2) is 22.3 Å². The van der Waals surface area contributed by atoms with E-state index in [1.165, 1.54) is 0 Å². The molecule has 0 aliphatic carbocycles. The summed E-state index contributed by atoms with van der Waals surface area (Å²) in [6.45, 7) is 12.0. The standard InChI is InChI=1S/C14H26O3/c1-7-8-14(6,11(15)16)10-9-12(2,3)17-13(10,4)5/h10H,7-9H2,1-6H3,(H,15,16). The third kappa shape index (κ3) is 2.65. The molecule has 0 amide bonds. The second-order valence-electron chi connectivity index (χ2n) is 6.69. The van der Waals surface area contributed by atoms with Crippen LogP contribution in [-0.2, 0) is 9.53 Å². The molecule has 1 aliphatic rings. The Balaban J connectivity index is 3.08. The van der Waals surface area contributed by atoms with Crippen molar-refractivity contribution in [1.29, 1.82) is 0 Å². The Bertz CT molecular complexity index is 307. The highest BCUT2D eigenvalue weighted by Crippen LogP contribution is 2.52. The molecule has 17 heavy (non-hydrogen) atoms. The summed E-state index contributed by atoms with van der Waals surface area (Å²) in [5.41, 5.74) is -1.28. The van der Waals surface area contributed by atoms with Gasteiger partial charge in [-0.3, -0.25) is 4.79 Å². The maximum absolute atomic E-state index is 11.6. The van der Waals surface area contributed by atoms with E-state index in [1.807, 2.05) is 41.5 Å². The van der Waals surface area contributed by atoms with Gasteiger partial charge in [0.1, 0.15) is 0 Å². The first kappa shape index (κ1) is 14.5. The molecule has 0 bridgehead atoms. The number of hydrogen-bond acceptors (Lipinski definition) is 2. The minimum Gasteiger partial charge on any atom is -0.481 e. The molecule has 100 valence electrons. The van der Waals surface area contributed by atoms with Crippen molar-refractivity contribution in [3.8, 4) is 0 Å². The van der Waals surface area contributed by atoms with Crippen LogP contribution in [0.25, 0.3) is 0 Å². The van der Waals surface area contributed by atoms with E-state index >= 15 is 0 Å². The van der Waals surface area contributed by atoms with E-state index in [0.29, 0.717) is 6.42 Å². The molecular formula is C14H26O3. The fraction of sp³-hybridized carbons (Fsp3) is 0.929. The maximum Gasteiger partial charge on any atom is 0.309 e. The minimum absolute atomic E-state index is 0.0578. The van der Waals surface area contributed by atoms with E-state index in [1.54, 1.807) is 0 Å². The molecule has 2 atom stereocenters. The highest BCUT2D eigenvalue weighted by molar-refractivity contribution is 5.74. The second kappa shape index (κ2) is 4.27. The number of carboxylic acid groups (broad SMARTS) is 1. The Morgan fingerprint density at radius 3 is 2.24 bits per heavy atom. The van der Waals surface area contributed by atoms with Gasteiger partial charge in [0.15, 0.2) is 0 Å². The summed E-state index contributed by atoms with van der Waals surface area (Å²) >= 11 is 0. The van der Waals surface area contributed by atoms with Gasteiger partial charge >= 0.3 is 5.97 Å². The topological polar surface area (TPSA) is 46.5 Å². The van der Waals surface area contributed by atoms with Crippen molar-refractivity contribution in [3.63, 3.8) is 0 Å². The summed E-state index contributed by atoms with van der Waals surface area (Å²) in [7, 11) is 0. The summed E-state index contributed by atoms with van der Waals surface area (Å²) in [6, 6.07) is 0. The lowest BCUT2D eigenvalue weighted by atomic mass is 9.66. The van der Waals surface area contributed by atoms with E-state index in [9.17, 15) is 9.90 Å². The molecule has 1 fully saturated rings. The summed E-state index contributed by atoms with van der Waals surface area (Å²) in [5, 5.41) is 9.57. The minimum atomic E-state index is -0.696. The van der Waals surface area contributed by atoms with Gasteiger partial charge in [-0.15, -0.1) is 0 Å². The van der Waals surface area contributed by atoms with Gasteiger partial charge in [-0.05, 0) is 47.5 Å². The average molecular weight is 242 g/mol. The Hall–Kier alpha value is -0.570. The fourth-order valence-corrected chi connectivity index (χ4v) is 3.50. The van der Waals surface area contributed by atoms with Gasteiger partial charge < -0.3 is 9.84 Å². The van der Waals surface area contributed by atoms with Crippen molar-refractivity contribution in [2.75, 3.05) is 0 Å². The molecule has 2 unspecified atom stereocenters. The molecule has 0 aromatic heterocycles. The lowest BCUT2D eigenvalue weighted by molar-refractivity contribution is -0.157. The third-order valence-electron chi connectivity index (χ3n) is 4.10. The monoisotopic (exact) mass is 242 g/mol. The number of aliphatic carboxylic acids is 1. The number of ether oxygens (including phenoxy) is 1. The predicted molar refractivity (Wildman–Crippen MR) is 68.0 cm³/mol. The third-order valence-corrected chi connectivity index (χ3v) is 4.10. The van der Waals surface area contributed by atoms with E-state index in [4.69, 9.17) is 4.74 Å². The molecule has 3 nitrogen and oxygen atoms in total. The molecule has 0 spiro atoms. The molecule has 3 heteroatoms. The van der Waals surface area contributed by atoms with Crippen molar-refractivity contribution in [2.45, 2.75) is 72.0 Å². The predicted octanol–water partition coefficient (Wildman–Crippen LogP) is 3.47. The van der Waals surface area contributed by atoms with Crippen molar-refractivity contribution < 1.29 is 14.6 Å². The largest absolute Gasteiger partial charge is 0.481 e. The zero-order valence-corrected chi connectivity index (χ0v) is 12.0. The number of carbonyl (C=O) groups is 1. The van der Waals surface area contributed by atoms with Crippen LogP contribution in [0.3, 0.4) is 0 Å². The SMILES string of the molecule is CCCC(C)(C(=O)O)C1CC(C)(C)OC1(C)C. The van der Waals surface area contributed by atoms with Gasteiger partial charge in [0.2, 0.25) is 0 Å². The Morgan fingerprint density at radius 2 is 1.94 bits per heavy atom. The molecule has 1 N–H and O–H groups in total. The zero-order valence-electron chi connectivity index (χ0n) is 12.0. The van der Waals surface area contributed by atoms with Crippen LogP contribution < -0.4 is 0 Å². The molecule has 0 aromatic carbocycles. The van der Waals surface area contributed by atoms with Gasteiger partial charge in [-0.25, -0.2) is 0 Å². The first-order valence-corrected chi connectivity index (χ1v) is 6.49. The van der Waals surface area contributed by atoms with E-state index in [0.717, 1.165) is 12.8 Å². The van der Waals surface area contributed by atoms with Crippen molar-refractivity contribution in [3.05, 3.63) is 0 Å². The molecule has 1 aliphatic heterocycles. The van der Waals surface area contributed by atoms with Gasteiger partial charge in [0.25, 0.3) is 0 Å². The Morgan fingerprint density at radius 1 is 1.41 bits per heavy atom. The van der Waals surface area contributed by atoms with Gasteiger partial charge in [0.05, 0.1) is 16.6 Å². The van der Waals surface area contributed by atoms with Crippen LogP contribution in [0.15, 0.2) is 0 Å². The van der Waals surface area contributed by atoms with Crippen LogP contribution in [0.4, 0.5) is 0 Å². The Kier molecular flexibility index (Phi) is 3.64. The molecule has 0 radical (unpaired) electrons. The smallest absolute Gasteiger partial charge is 0.309 e. The summed E-state index contributed by atoms with van der Waals surface area (Å²) < 4.78 is 6.03. The van der Waals surface area contributed by atoms with Gasteiger partial charge in [0, 0.05) is 5.92 Å². The van der Waals surface area contributed by atoms with Crippen molar-refractivity contribution in [1.82, 2.24) is 0 Å². The Labute approximate surface area is 105 Å². The van der Waals surface area contributed by atoms with Crippen LogP contribution in [0.5, 0.6) is 0 Å². The molecule has 1 heterocycles. The van der Waals surface area contributed by atoms with Gasteiger partial charge in [-0.1, -0.05) is 13.3 Å². The van der Waals surface area contributed by atoms with Gasteiger partial charge in [-0.2, -0.15) is 0 Å².